The van der Waals surface area contributed by atoms with Crippen molar-refractivity contribution < 1.29 is 0 Å². The lowest BCUT2D eigenvalue weighted by atomic mass is 9.65. The van der Waals surface area contributed by atoms with E-state index in [2.05, 4.69) is 35.8 Å². The van der Waals surface area contributed by atoms with Crippen LogP contribution in [0.25, 0.3) is 0 Å². The van der Waals surface area contributed by atoms with Crippen LogP contribution >= 0.6 is 11.9 Å². The minimum atomic E-state index is 0.499. The molecule has 2 bridgehead atoms. The van der Waals surface area contributed by atoms with Crippen LogP contribution in [0.15, 0.2) is 0 Å². The maximum Gasteiger partial charge on any atom is 0.0282 e. The summed E-state index contributed by atoms with van der Waals surface area (Å²) in [5.41, 5.74) is 0. The summed E-state index contributed by atoms with van der Waals surface area (Å²) in [6, 6.07) is 0.740. The lowest BCUT2D eigenvalue weighted by molar-refractivity contribution is 0.124. The molecule has 3 fully saturated rings. The lowest BCUT2D eigenvalue weighted by Crippen LogP contribution is -2.43. The number of hydrogen-bond donors (Lipinski definition) is 2. The second-order valence-corrected chi connectivity index (χ2v) is 9.07. The molecule has 0 aromatic carbocycles. The van der Waals surface area contributed by atoms with Crippen LogP contribution in [0.2, 0.25) is 0 Å². The van der Waals surface area contributed by atoms with Gasteiger partial charge < -0.3 is 5.32 Å². The van der Waals surface area contributed by atoms with Crippen molar-refractivity contribution in [3.05, 3.63) is 0 Å². The van der Waals surface area contributed by atoms with Gasteiger partial charge in [0.2, 0.25) is 0 Å². The molecule has 0 aromatic rings. The molecule has 2 saturated carbocycles. The third-order valence-electron chi connectivity index (χ3n) is 5.39. The molecule has 110 valence electrons. The van der Waals surface area contributed by atoms with Crippen LogP contribution in [0.3, 0.4) is 0 Å². The first-order valence-electron chi connectivity index (χ1n) is 8.27. The zero-order chi connectivity index (χ0) is 13.3. The van der Waals surface area contributed by atoms with Gasteiger partial charge >= 0.3 is 0 Å². The molecule has 0 aromatic heterocycles. The van der Waals surface area contributed by atoms with Crippen LogP contribution in [0, 0.1) is 17.8 Å². The van der Waals surface area contributed by atoms with Gasteiger partial charge in [-0.05, 0) is 82.7 Å². The normalized spacial score (nSPS) is 44.2. The molecule has 3 heteroatoms. The molecule has 0 spiro atoms. The van der Waals surface area contributed by atoms with Crippen molar-refractivity contribution in [2.45, 2.75) is 69.6 Å². The Labute approximate surface area is 123 Å². The summed E-state index contributed by atoms with van der Waals surface area (Å²) in [5, 5.41) is 3.45. The Hall–Kier alpha value is 0.270. The highest BCUT2D eigenvalue weighted by atomic mass is 32.2. The summed E-state index contributed by atoms with van der Waals surface area (Å²) < 4.78 is 4.31. The van der Waals surface area contributed by atoms with Crippen LogP contribution in [0.5, 0.6) is 0 Å². The van der Waals surface area contributed by atoms with E-state index in [0.29, 0.717) is 4.75 Å². The average Bonchev–Trinajstić information content (AvgIpc) is 2.36. The number of rotatable bonds is 3. The molecule has 3 aliphatic rings. The van der Waals surface area contributed by atoms with Gasteiger partial charge in [0.15, 0.2) is 0 Å². The first kappa shape index (κ1) is 14.2. The summed E-state index contributed by atoms with van der Waals surface area (Å²) in [6.45, 7) is 7.36. The standard InChI is InChI=1S/C16H30N2S/c1-12-7-13-9-14(8-12)11-16(2,10-13)19-18-15-3-5-17-6-4-15/h12-15,17-18H,3-11H2,1-2H3. The van der Waals surface area contributed by atoms with E-state index in [-0.39, 0.29) is 0 Å². The summed E-state index contributed by atoms with van der Waals surface area (Å²) in [7, 11) is 0. The smallest absolute Gasteiger partial charge is 0.0282 e. The van der Waals surface area contributed by atoms with Gasteiger partial charge in [0.1, 0.15) is 0 Å². The first-order chi connectivity index (χ1) is 9.13. The highest BCUT2D eigenvalue weighted by Crippen LogP contribution is 2.50. The van der Waals surface area contributed by atoms with Crippen molar-refractivity contribution in [1.29, 1.82) is 0 Å². The predicted octanol–water partition coefficient (Wildman–Crippen LogP) is 3.58. The first-order valence-corrected chi connectivity index (χ1v) is 9.09. The Morgan fingerprint density at radius 3 is 2.32 bits per heavy atom. The fourth-order valence-corrected chi connectivity index (χ4v) is 6.11. The molecular formula is C16H30N2S. The zero-order valence-corrected chi connectivity index (χ0v) is 13.4. The summed E-state index contributed by atoms with van der Waals surface area (Å²) >= 11 is 2.09. The van der Waals surface area contributed by atoms with Gasteiger partial charge in [0.25, 0.3) is 0 Å². The summed E-state index contributed by atoms with van der Waals surface area (Å²) in [4.78, 5) is 0. The molecule has 19 heavy (non-hydrogen) atoms. The molecular weight excluding hydrogens is 252 g/mol. The molecule has 3 rings (SSSR count). The van der Waals surface area contributed by atoms with Crippen LogP contribution in [0.4, 0.5) is 0 Å². The Balaban J connectivity index is 1.52. The van der Waals surface area contributed by atoms with Crippen LogP contribution < -0.4 is 10.0 Å². The van der Waals surface area contributed by atoms with E-state index in [1.54, 1.807) is 0 Å². The Morgan fingerprint density at radius 1 is 1.05 bits per heavy atom. The van der Waals surface area contributed by atoms with E-state index in [0.717, 1.165) is 23.8 Å². The number of nitrogens with one attached hydrogen (secondary N) is 2. The van der Waals surface area contributed by atoms with E-state index < -0.39 is 0 Å². The number of fused-ring (bicyclic) bond motifs is 2. The fourth-order valence-electron chi connectivity index (χ4n) is 4.78. The van der Waals surface area contributed by atoms with Gasteiger partial charge in [-0.15, -0.1) is 0 Å². The van der Waals surface area contributed by atoms with E-state index in [1.807, 2.05) is 0 Å². The largest absolute Gasteiger partial charge is 0.317 e. The van der Waals surface area contributed by atoms with Gasteiger partial charge in [-0.2, -0.15) is 0 Å². The Morgan fingerprint density at radius 2 is 1.68 bits per heavy atom. The third-order valence-corrected chi connectivity index (χ3v) is 6.67. The van der Waals surface area contributed by atoms with E-state index >= 15 is 0 Å². The van der Waals surface area contributed by atoms with Crippen molar-refractivity contribution in [1.82, 2.24) is 10.0 Å². The highest BCUT2D eigenvalue weighted by Gasteiger charge is 2.41. The molecule has 1 aliphatic heterocycles. The van der Waals surface area contributed by atoms with Gasteiger partial charge in [0, 0.05) is 10.8 Å². The minimum absolute atomic E-state index is 0.499. The number of piperidine rings is 1. The Kier molecular flexibility index (Phi) is 4.45. The van der Waals surface area contributed by atoms with E-state index in [9.17, 15) is 0 Å². The molecule has 2 atom stereocenters. The summed E-state index contributed by atoms with van der Waals surface area (Å²) in [6.07, 6.45) is 9.97. The second-order valence-electron chi connectivity index (χ2n) is 7.65. The molecule has 2 N–H and O–H groups in total. The van der Waals surface area contributed by atoms with Crippen LogP contribution in [-0.4, -0.2) is 23.9 Å². The van der Waals surface area contributed by atoms with Gasteiger partial charge in [0.05, 0.1) is 0 Å². The number of hydrogen-bond acceptors (Lipinski definition) is 3. The average molecular weight is 282 g/mol. The van der Waals surface area contributed by atoms with E-state index in [4.69, 9.17) is 0 Å². The monoisotopic (exact) mass is 282 g/mol. The van der Waals surface area contributed by atoms with Crippen molar-refractivity contribution in [2.75, 3.05) is 13.1 Å². The van der Waals surface area contributed by atoms with Gasteiger partial charge in [-0.3, -0.25) is 4.72 Å². The van der Waals surface area contributed by atoms with Gasteiger partial charge in [-0.25, -0.2) is 0 Å². The maximum atomic E-state index is 3.81. The van der Waals surface area contributed by atoms with Crippen molar-refractivity contribution in [2.24, 2.45) is 17.8 Å². The van der Waals surface area contributed by atoms with Crippen molar-refractivity contribution in [3.63, 3.8) is 0 Å². The van der Waals surface area contributed by atoms with E-state index in [1.165, 1.54) is 58.0 Å². The fraction of sp³-hybridized carbons (Fsp3) is 1.00. The molecule has 0 radical (unpaired) electrons. The van der Waals surface area contributed by atoms with Crippen LogP contribution in [0.1, 0.15) is 58.8 Å². The zero-order valence-electron chi connectivity index (χ0n) is 12.6. The molecule has 1 saturated heterocycles. The van der Waals surface area contributed by atoms with Crippen molar-refractivity contribution >= 4 is 11.9 Å². The lowest BCUT2D eigenvalue weighted by Gasteiger charge is -2.47. The topological polar surface area (TPSA) is 24.1 Å². The van der Waals surface area contributed by atoms with Crippen LogP contribution in [-0.2, 0) is 0 Å². The Bertz CT molecular complexity index is 283. The molecule has 0 amide bonds. The summed E-state index contributed by atoms with van der Waals surface area (Å²) in [5.74, 6) is 3.00. The third kappa shape index (κ3) is 3.68. The molecule has 1 heterocycles. The molecule has 2 unspecified atom stereocenters. The highest BCUT2D eigenvalue weighted by molar-refractivity contribution is 7.98. The predicted molar refractivity (Wildman–Crippen MR) is 84.3 cm³/mol. The van der Waals surface area contributed by atoms with Crippen molar-refractivity contribution in [3.8, 4) is 0 Å². The SMILES string of the molecule is CC1CC2CC(C1)CC(C)(SNC1CCNCC1)C2. The molecule has 2 aliphatic carbocycles. The quantitative estimate of drug-likeness (QED) is 0.774. The molecule has 2 nitrogen and oxygen atoms in total. The maximum absolute atomic E-state index is 3.81. The minimum Gasteiger partial charge on any atom is -0.317 e. The van der Waals surface area contributed by atoms with Gasteiger partial charge in [-0.1, -0.05) is 18.9 Å². The second kappa shape index (κ2) is 5.95.